The number of rotatable bonds is 11. The largest absolute Gasteiger partial charge is 0.496 e. The smallest absolute Gasteiger partial charge is 0.274 e. The number of aromatic nitrogens is 3. The minimum absolute atomic E-state index is 0.113. The molecule has 0 unspecified atom stereocenters. The average molecular weight is 735 g/mol. The first-order valence-electron chi connectivity index (χ1n) is 16.9. The first-order valence-corrected chi connectivity index (χ1v) is 17.6. The molecule has 2 saturated heterocycles. The Kier molecular flexibility index (Phi) is 11.7. The fourth-order valence-corrected chi connectivity index (χ4v) is 7.08. The molecule has 0 bridgehead atoms. The number of ether oxygens (including phenoxy) is 2. The summed E-state index contributed by atoms with van der Waals surface area (Å²) in [7, 11) is 3.13. The molecule has 3 aromatic heterocycles. The second-order valence-electron chi connectivity index (χ2n) is 12.7. The van der Waals surface area contributed by atoms with Gasteiger partial charge in [0.25, 0.3) is 5.91 Å². The van der Waals surface area contributed by atoms with Crippen LogP contribution in [-0.2, 0) is 17.9 Å². The van der Waals surface area contributed by atoms with E-state index < -0.39 is 5.91 Å². The van der Waals surface area contributed by atoms with E-state index in [-0.39, 0.29) is 22.7 Å². The second-order valence-corrected chi connectivity index (χ2v) is 13.5. The maximum Gasteiger partial charge on any atom is 0.274 e. The van der Waals surface area contributed by atoms with Gasteiger partial charge in [-0.3, -0.25) is 24.5 Å². The van der Waals surface area contributed by atoms with Crippen LogP contribution in [0.1, 0.15) is 47.8 Å². The van der Waals surface area contributed by atoms with Gasteiger partial charge >= 0.3 is 0 Å². The van der Waals surface area contributed by atoms with Crippen molar-refractivity contribution in [2.75, 3.05) is 45.7 Å². The number of hydrogen-bond acceptors (Lipinski definition) is 10. The lowest BCUT2D eigenvalue weighted by Crippen LogP contribution is -2.44. The zero-order chi connectivity index (χ0) is 36.1. The van der Waals surface area contributed by atoms with E-state index in [4.69, 9.17) is 37.7 Å². The highest BCUT2D eigenvalue weighted by atomic mass is 35.5. The van der Waals surface area contributed by atoms with Gasteiger partial charge in [-0.15, -0.1) is 0 Å². The topological polar surface area (TPSA) is 142 Å². The van der Waals surface area contributed by atoms with E-state index in [9.17, 15) is 14.7 Å². The van der Waals surface area contributed by atoms with Crippen molar-refractivity contribution in [1.29, 1.82) is 0 Å². The van der Waals surface area contributed by atoms with E-state index in [1.165, 1.54) is 0 Å². The average Bonchev–Trinajstić information content (AvgIpc) is 3.56. The summed E-state index contributed by atoms with van der Waals surface area (Å²) in [5, 5.41) is 16.9. The number of piperidine rings is 1. The van der Waals surface area contributed by atoms with E-state index in [0.717, 1.165) is 50.0 Å². The van der Waals surface area contributed by atoms with Gasteiger partial charge in [-0.2, -0.15) is 0 Å². The van der Waals surface area contributed by atoms with Crippen LogP contribution in [0.15, 0.2) is 54.9 Å². The molecule has 2 aliphatic heterocycles. The fourth-order valence-electron chi connectivity index (χ4n) is 6.51. The first-order chi connectivity index (χ1) is 24.6. The molecule has 3 N–H and O–H groups in total. The third-order valence-electron chi connectivity index (χ3n) is 9.36. The minimum atomic E-state index is -0.462. The number of likely N-dealkylation sites (tertiary alicyclic amines) is 2. The number of methoxy groups -OCH3 is 2. The van der Waals surface area contributed by atoms with Gasteiger partial charge in [-0.25, -0.2) is 4.98 Å². The zero-order valence-electron chi connectivity index (χ0n) is 28.8. The Balaban J connectivity index is 1.17. The number of anilines is 1. The summed E-state index contributed by atoms with van der Waals surface area (Å²) in [6.07, 6.45) is 5.43. The monoisotopic (exact) mass is 733 g/mol. The van der Waals surface area contributed by atoms with Crippen molar-refractivity contribution in [3.8, 4) is 34.1 Å². The maximum atomic E-state index is 13.3. The lowest BCUT2D eigenvalue weighted by atomic mass is 10.0. The molecule has 1 aromatic carbocycles. The van der Waals surface area contributed by atoms with Crippen LogP contribution in [-0.4, -0.2) is 94.2 Å². The van der Waals surface area contributed by atoms with Gasteiger partial charge in [0, 0.05) is 92.9 Å². The summed E-state index contributed by atoms with van der Waals surface area (Å²) >= 11 is 13.9. The highest BCUT2D eigenvalue weighted by Crippen LogP contribution is 2.40. The molecule has 51 heavy (non-hydrogen) atoms. The number of carbonyl (C=O) groups is 2. The standard InChI is InChI=1S/C37H41Cl2N7O5/c1-22(47)46-15-10-25(11-16-46)41-18-23-7-8-29(44-37(23)51-3)27-9-13-40-35(34(27)39)28-5-4-6-30(33(28)38)43-36(49)31-17-32(50-2)24(19-42-31)20-45-14-12-26(48)21-45/h4-9,13,17,19,25-26,41,48H,10-12,14-16,18,20-21H2,1-3H3,(H,43,49)/t26-/m0/s1. The molecule has 0 saturated carbocycles. The highest BCUT2D eigenvalue weighted by molar-refractivity contribution is 6.39. The van der Waals surface area contributed by atoms with E-state index in [1.807, 2.05) is 17.0 Å². The maximum absolute atomic E-state index is 13.3. The van der Waals surface area contributed by atoms with Crippen LogP contribution in [0.3, 0.4) is 0 Å². The number of β-amino-alcohol motifs (C(OH)–C–C–N with tert-alkyl or cyclic N) is 1. The Labute approximate surface area is 307 Å². The molecule has 2 aliphatic rings. The number of aliphatic hydroxyl groups excluding tert-OH is 1. The molecule has 2 fully saturated rings. The van der Waals surface area contributed by atoms with E-state index in [0.29, 0.717) is 70.5 Å². The summed E-state index contributed by atoms with van der Waals surface area (Å²) in [5.41, 5.74) is 4.44. The number of hydrogen-bond donors (Lipinski definition) is 3. The lowest BCUT2D eigenvalue weighted by molar-refractivity contribution is -0.129. The molecule has 14 heteroatoms. The van der Waals surface area contributed by atoms with Gasteiger partial charge < -0.3 is 30.1 Å². The number of nitrogens with one attached hydrogen (secondary N) is 2. The van der Waals surface area contributed by atoms with Crippen molar-refractivity contribution in [2.24, 2.45) is 0 Å². The molecule has 4 aromatic rings. The van der Waals surface area contributed by atoms with Crippen LogP contribution in [0.4, 0.5) is 5.69 Å². The van der Waals surface area contributed by atoms with E-state index in [2.05, 4.69) is 25.5 Å². The van der Waals surface area contributed by atoms with Gasteiger partial charge in [-0.1, -0.05) is 41.4 Å². The molecule has 5 heterocycles. The molecular weight excluding hydrogens is 693 g/mol. The Morgan fingerprint density at radius 1 is 0.961 bits per heavy atom. The number of amides is 2. The molecule has 12 nitrogen and oxygen atoms in total. The van der Waals surface area contributed by atoms with Gasteiger partial charge in [0.1, 0.15) is 11.4 Å². The first kappa shape index (κ1) is 36.5. The zero-order valence-corrected chi connectivity index (χ0v) is 30.3. The predicted molar refractivity (Wildman–Crippen MR) is 196 cm³/mol. The summed E-state index contributed by atoms with van der Waals surface area (Å²) in [4.78, 5) is 42.7. The van der Waals surface area contributed by atoms with Crippen LogP contribution in [0.2, 0.25) is 10.0 Å². The number of aliphatic hydroxyl groups is 1. The molecule has 0 aliphatic carbocycles. The van der Waals surface area contributed by atoms with Crippen molar-refractivity contribution in [3.63, 3.8) is 0 Å². The van der Waals surface area contributed by atoms with E-state index in [1.54, 1.807) is 63.9 Å². The third-order valence-corrected chi connectivity index (χ3v) is 10.1. The Bertz CT molecular complexity index is 1900. The number of benzene rings is 1. The predicted octanol–water partition coefficient (Wildman–Crippen LogP) is 5.45. The number of halogens is 2. The molecule has 1 atom stereocenters. The molecule has 2 amide bonds. The number of carbonyl (C=O) groups excluding carboxylic acids is 2. The van der Waals surface area contributed by atoms with Crippen molar-refractivity contribution in [3.05, 3.63) is 81.7 Å². The number of pyridine rings is 3. The second kappa shape index (κ2) is 16.3. The van der Waals surface area contributed by atoms with Gasteiger partial charge in [0.2, 0.25) is 11.8 Å². The molecule has 268 valence electrons. The van der Waals surface area contributed by atoms with Gasteiger partial charge in [0.15, 0.2) is 0 Å². The molecular formula is C37H41Cl2N7O5. The van der Waals surface area contributed by atoms with Crippen LogP contribution < -0.4 is 20.1 Å². The normalized spacial score (nSPS) is 16.7. The SMILES string of the molecule is COc1cc(C(=O)Nc2cccc(-c3nccc(-c4ccc(CNC5CCN(C(C)=O)CC5)c(OC)n4)c3Cl)c2Cl)ncc1CN1CC[C@H](O)C1. The van der Waals surface area contributed by atoms with E-state index >= 15 is 0 Å². The van der Waals surface area contributed by atoms with Crippen LogP contribution in [0.5, 0.6) is 11.6 Å². The number of nitrogens with zero attached hydrogens (tertiary/aromatic N) is 5. The summed E-state index contributed by atoms with van der Waals surface area (Å²) in [6.45, 7) is 5.60. The minimum Gasteiger partial charge on any atom is -0.496 e. The summed E-state index contributed by atoms with van der Waals surface area (Å²) in [5.74, 6) is 0.662. The highest BCUT2D eigenvalue weighted by Gasteiger charge is 2.24. The fraction of sp³-hybridized carbons (Fsp3) is 0.378. The third kappa shape index (κ3) is 8.43. The summed E-state index contributed by atoms with van der Waals surface area (Å²) in [6, 6.07) is 12.8. The van der Waals surface area contributed by atoms with Gasteiger partial charge in [-0.05, 0) is 37.5 Å². The molecule has 0 spiro atoms. The Hall–Kier alpha value is -4.33. The summed E-state index contributed by atoms with van der Waals surface area (Å²) < 4.78 is 11.2. The van der Waals surface area contributed by atoms with Crippen LogP contribution in [0, 0.1) is 0 Å². The van der Waals surface area contributed by atoms with Gasteiger partial charge in [0.05, 0.1) is 47.4 Å². The lowest BCUT2D eigenvalue weighted by Gasteiger charge is -2.31. The Morgan fingerprint density at radius 3 is 2.47 bits per heavy atom. The quantitative estimate of drug-likeness (QED) is 0.182. The Morgan fingerprint density at radius 2 is 1.76 bits per heavy atom. The van der Waals surface area contributed by atoms with Crippen molar-refractivity contribution in [1.82, 2.24) is 30.1 Å². The van der Waals surface area contributed by atoms with Crippen molar-refractivity contribution >= 4 is 40.7 Å². The van der Waals surface area contributed by atoms with Crippen molar-refractivity contribution in [2.45, 2.75) is 51.4 Å². The van der Waals surface area contributed by atoms with Crippen molar-refractivity contribution < 1.29 is 24.2 Å². The molecule has 6 rings (SSSR count). The van der Waals surface area contributed by atoms with Crippen LogP contribution >= 0.6 is 23.2 Å². The molecule has 0 radical (unpaired) electrons. The van der Waals surface area contributed by atoms with Crippen LogP contribution in [0.25, 0.3) is 22.5 Å².